The molecule has 0 fully saturated rings. The van der Waals surface area contributed by atoms with Crippen LogP contribution in [0.25, 0.3) is 0 Å². The Morgan fingerprint density at radius 3 is 2.69 bits per heavy atom. The van der Waals surface area contributed by atoms with Crippen LogP contribution < -0.4 is 5.73 Å². The predicted molar refractivity (Wildman–Crippen MR) is 58.8 cm³/mol. The number of H-pyrrole nitrogens is 1. The molecule has 6 heteroatoms. The van der Waals surface area contributed by atoms with E-state index in [0.29, 0.717) is 5.82 Å². The Morgan fingerprint density at radius 1 is 1.56 bits per heavy atom. The molecule has 6 nitrogen and oxygen atoms in total. The lowest BCUT2D eigenvalue weighted by Crippen LogP contribution is -2.24. The van der Waals surface area contributed by atoms with Gasteiger partial charge in [-0.3, -0.25) is 5.10 Å². The number of nitrogens with zero attached hydrogens (tertiary/aromatic N) is 2. The van der Waals surface area contributed by atoms with Gasteiger partial charge in [-0.1, -0.05) is 6.92 Å². The molecule has 0 amide bonds. The Bertz CT molecular complexity index is 367. The quantitative estimate of drug-likeness (QED) is 0.754. The molecule has 16 heavy (non-hydrogen) atoms. The number of aromatic nitrogens is 3. The van der Waals surface area contributed by atoms with E-state index in [-0.39, 0.29) is 11.9 Å². The molecule has 0 aromatic carbocycles. The number of nitrogens with two attached hydrogens (primary N) is 1. The van der Waals surface area contributed by atoms with Gasteiger partial charge in [-0.05, 0) is 27.2 Å². The van der Waals surface area contributed by atoms with Gasteiger partial charge in [0, 0.05) is 0 Å². The third kappa shape index (κ3) is 3.30. The first-order valence-corrected chi connectivity index (χ1v) is 5.24. The van der Waals surface area contributed by atoms with Crippen molar-refractivity contribution in [2.45, 2.75) is 45.8 Å². The Kier molecular flexibility index (Phi) is 3.64. The van der Waals surface area contributed by atoms with Crippen LogP contribution in [-0.2, 0) is 4.74 Å². The third-order valence-corrected chi connectivity index (χ3v) is 1.88. The fraction of sp³-hybridized carbons (Fsp3) is 0.700. The molecular formula is C10H18N4O2. The topological polar surface area (TPSA) is 93.9 Å². The first-order valence-electron chi connectivity index (χ1n) is 5.24. The Morgan fingerprint density at radius 2 is 2.19 bits per heavy atom. The average molecular weight is 226 g/mol. The molecule has 1 aromatic heterocycles. The summed E-state index contributed by atoms with van der Waals surface area (Å²) < 4.78 is 5.13. The molecule has 3 N–H and O–H groups in total. The zero-order valence-electron chi connectivity index (χ0n) is 10.1. The minimum atomic E-state index is -0.551. The molecule has 1 rings (SSSR count). The summed E-state index contributed by atoms with van der Waals surface area (Å²) in [5.41, 5.74) is 5.20. The molecule has 0 aliphatic heterocycles. The Hall–Kier alpha value is -1.43. The fourth-order valence-corrected chi connectivity index (χ4v) is 1.05. The van der Waals surface area contributed by atoms with Crippen LogP contribution in [0.4, 0.5) is 0 Å². The van der Waals surface area contributed by atoms with E-state index < -0.39 is 11.6 Å². The standard InChI is InChI=1S/C10H18N4O2/c1-5-6(11)7-12-8(14-13-7)9(15)16-10(2,3)4/h6H,5,11H2,1-4H3,(H,12,13,14)/t6-/m0/s1. The summed E-state index contributed by atoms with van der Waals surface area (Å²) in [7, 11) is 0. The maximum absolute atomic E-state index is 11.6. The summed E-state index contributed by atoms with van der Waals surface area (Å²) >= 11 is 0. The third-order valence-electron chi connectivity index (χ3n) is 1.88. The highest BCUT2D eigenvalue weighted by atomic mass is 16.6. The van der Waals surface area contributed by atoms with Gasteiger partial charge in [-0.25, -0.2) is 9.78 Å². The van der Waals surface area contributed by atoms with Crippen molar-refractivity contribution in [2.24, 2.45) is 5.73 Å². The van der Waals surface area contributed by atoms with Crippen molar-refractivity contribution < 1.29 is 9.53 Å². The molecule has 1 atom stereocenters. The van der Waals surface area contributed by atoms with Gasteiger partial charge in [-0.15, -0.1) is 5.10 Å². The number of hydrogen-bond acceptors (Lipinski definition) is 5. The van der Waals surface area contributed by atoms with E-state index in [1.807, 2.05) is 6.92 Å². The van der Waals surface area contributed by atoms with Gasteiger partial charge in [0.05, 0.1) is 6.04 Å². The zero-order valence-corrected chi connectivity index (χ0v) is 10.1. The molecule has 0 spiro atoms. The normalized spacial score (nSPS) is 13.6. The number of rotatable bonds is 3. The molecular weight excluding hydrogens is 208 g/mol. The molecule has 0 bridgehead atoms. The maximum atomic E-state index is 11.6. The zero-order chi connectivity index (χ0) is 12.3. The number of hydrogen-bond donors (Lipinski definition) is 2. The smallest absolute Gasteiger partial charge is 0.378 e. The second kappa shape index (κ2) is 4.61. The van der Waals surface area contributed by atoms with E-state index in [1.54, 1.807) is 20.8 Å². The number of carbonyl (C=O) groups is 1. The van der Waals surface area contributed by atoms with Gasteiger partial charge in [0.25, 0.3) is 5.82 Å². The van der Waals surface area contributed by atoms with Crippen molar-refractivity contribution in [3.8, 4) is 0 Å². The van der Waals surface area contributed by atoms with Crippen LogP contribution in [0, 0.1) is 0 Å². The Labute approximate surface area is 94.6 Å². The molecule has 1 heterocycles. The fourth-order valence-electron chi connectivity index (χ4n) is 1.05. The van der Waals surface area contributed by atoms with Crippen molar-refractivity contribution in [2.75, 3.05) is 0 Å². The van der Waals surface area contributed by atoms with Gasteiger partial charge in [0.15, 0.2) is 0 Å². The first kappa shape index (κ1) is 12.6. The highest BCUT2D eigenvalue weighted by Crippen LogP contribution is 2.12. The van der Waals surface area contributed by atoms with Gasteiger partial charge >= 0.3 is 5.97 Å². The SMILES string of the molecule is CC[C@H](N)c1nc(C(=O)OC(C)(C)C)n[nH]1. The van der Waals surface area contributed by atoms with E-state index in [2.05, 4.69) is 15.2 Å². The highest BCUT2D eigenvalue weighted by Gasteiger charge is 2.22. The molecule has 0 aliphatic carbocycles. The molecule has 0 aliphatic rings. The largest absolute Gasteiger partial charge is 0.454 e. The van der Waals surface area contributed by atoms with Crippen molar-refractivity contribution in [1.29, 1.82) is 0 Å². The summed E-state index contributed by atoms with van der Waals surface area (Å²) in [6.45, 7) is 7.29. The van der Waals surface area contributed by atoms with E-state index in [1.165, 1.54) is 0 Å². The lowest BCUT2D eigenvalue weighted by atomic mass is 10.2. The van der Waals surface area contributed by atoms with Crippen molar-refractivity contribution in [1.82, 2.24) is 15.2 Å². The van der Waals surface area contributed by atoms with E-state index >= 15 is 0 Å². The number of carbonyl (C=O) groups excluding carboxylic acids is 1. The molecule has 0 saturated carbocycles. The van der Waals surface area contributed by atoms with Gasteiger partial charge in [0.1, 0.15) is 11.4 Å². The molecule has 0 unspecified atom stereocenters. The number of ether oxygens (including phenoxy) is 1. The second-order valence-corrected chi connectivity index (χ2v) is 4.56. The Balaban J connectivity index is 2.75. The monoisotopic (exact) mass is 226 g/mol. The molecule has 0 radical (unpaired) electrons. The summed E-state index contributed by atoms with van der Waals surface area (Å²) in [5, 5.41) is 6.41. The van der Waals surface area contributed by atoms with Crippen LogP contribution in [0.5, 0.6) is 0 Å². The van der Waals surface area contributed by atoms with Crippen LogP contribution in [0.15, 0.2) is 0 Å². The van der Waals surface area contributed by atoms with Gasteiger partial charge < -0.3 is 10.5 Å². The first-order chi connectivity index (χ1) is 7.33. The number of nitrogens with one attached hydrogen (secondary N) is 1. The lowest BCUT2D eigenvalue weighted by molar-refractivity contribution is 0.00560. The minimum absolute atomic E-state index is 0.0221. The predicted octanol–water partition coefficient (Wildman–Crippen LogP) is 1.17. The average Bonchev–Trinajstić information content (AvgIpc) is 2.62. The van der Waals surface area contributed by atoms with E-state index in [0.717, 1.165) is 6.42 Å². The van der Waals surface area contributed by atoms with Crippen LogP contribution in [0.2, 0.25) is 0 Å². The van der Waals surface area contributed by atoms with Crippen molar-refractivity contribution >= 4 is 5.97 Å². The minimum Gasteiger partial charge on any atom is -0.454 e. The summed E-state index contributed by atoms with van der Waals surface area (Å²) in [6.07, 6.45) is 0.725. The summed E-state index contributed by atoms with van der Waals surface area (Å²) in [6, 6.07) is -0.233. The number of esters is 1. The van der Waals surface area contributed by atoms with Crippen LogP contribution in [0.1, 0.15) is 56.6 Å². The van der Waals surface area contributed by atoms with E-state index in [4.69, 9.17) is 10.5 Å². The van der Waals surface area contributed by atoms with Crippen LogP contribution >= 0.6 is 0 Å². The molecule has 90 valence electrons. The van der Waals surface area contributed by atoms with Gasteiger partial charge in [-0.2, -0.15) is 0 Å². The maximum Gasteiger partial charge on any atom is 0.378 e. The van der Waals surface area contributed by atoms with Crippen LogP contribution in [0.3, 0.4) is 0 Å². The highest BCUT2D eigenvalue weighted by molar-refractivity contribution is 5.85. The lowest BCUT2D eigenvalue weighted by Gasteiger charge is -2.17. The molecule has 1 aromatic rings. The van der Waals surface area contributed by atoms with E-state index in [9.17, 15) is 4.79 Å². The van der Waals surface area contributed by atoms with Crippen molar-refractivity contribution in [3.63, 3.8) is 0 Å². The second-order valence-electron chi connectivity index (χ2n) is 4.56. The van der Waals surface area contributed by atoms with Crippen LogP contribution in [-0.4, -0.2) is 26.8 Å². The van der Waals surface area contributed by atoms with Gasteiger partial charge in [0.2, 0.25) is 0 Å². The molecule has 0 saturated heterocycles. The number of aromatic amines is 1. The summed E-state index contributed by atoms with van der Waals surface area (Å²) in [5.74, 6) is -0.0181. The summed E-state index contributed by atoms with van der Waals surface area (Å²) in [4.78, 5) is 15.6. The van der Waals surface area contributed by atoms with Crippen molar-refractivity contribution in [3.05, 3.63) is 11.6 Å².